The van der Waals surface area contributed by atoms with Crippen LogP contribution in [0, 0.1) is 10.1 Å². The maximum atomic E-state index is 12.0. The third kappa shape index (κ3) is 5.63. The molecular formula is C18H16N2O7. The number of nitrogens with one attached hydrogen (secondary N) is 1. The second kappa shape index (κ2) is 9.09. The number of nitro benzene ring substituents is 1. The molecule has 9 nitrogen and oxygen atoms in total. The van der Waals surface area contributed by atoms with Crippen molar-refractivity contribution < 1.29 is 28.8 Å². The molecule has 0 heterocycles. The Bertz CT molecular complexity index is 880. The molecule has 0 saturated heterocycles. The summed E-state index contributed by atoms with van der Waals surface area (Å²) in [7, 11) is 1.26. The Morgan fingerprint density at radius 1 is 1.07 bits per heavy atom. The first kappa shape index (κ1) is 19.6. The third-order valence-corrected chi connectivity index (χ3v) is 3.46. The molecular weight excluding hydrogens is 356 g/mol. The summed E-state index contributed by atoms with van der Waals surface area (Å²) >= 11 is 0. The van der Waals surface area contributed by atoms with Gasteiger partial charge >= 0.3 is 11.9 Å². The Hall–Kier alpha value is -3.75. The van der Waals surface area contributed by atoms with Gasteiger partial charge in [0.15, 0.2) is 0 Å². The average Bonchev–Trinajstić information content (AvgIpc) is 2.70. The highest BCUT2D eigenvalue weighted by molar-refractivity contribution is 5.96. The standard InChI is InChI=1S/C18H16N2O7/c1-26-18(23)14-6-2-4-12(8-14)11-27-16(21)10-19-17(22)13-5-3-7-15(9-13)20(24)25/h2-9H,10-11H2,1H3,(H,19,22). The van der Waals surface area contributed by atoms with Gasteiger partial charge in [-0.1, -0.05) is 18.2 Å². The van der Waals surface area contributed by atoms with Gasteiger partial charge in [-0.15, -0.1) is 0 Å². The van der Waals surface area contributed by atoms with Gasteiger partial charge < -0.3 is 14.8 Å². The van der Waals surface area contributed by atoms with Crippen molar-refractivity contribution in [3.05, 3.63) is 75.3 Å². The fraction of sp³-hybridized carbons (Fsp3) is 0.167. The first-order valence-electron chi connectivity index (χ1n) is 7.76. The van der Waals surface area contributed by atoms with Crippen molar-refractivity contribution in [3.63, 3.8) is 0 Å². The molecule has 0 fully saturated rings. The largest absolute Gasteiger partial charge is 0.465 e. The summed E-state index contributed by atoms with van der Waals surface area (Å²) in [4.78, 5) is 45.3. The van der Waals surface area contributed by atoms with Gasteiger partial charge in [0.25, 0.3) is 11.6 Å². The quantitative estimate of drug-likeness (QED) is 0.447. The number of rotatable bonds is 7. The van der Waals surface area contributed by atoms with Crippen LogP contribution in [0.3, 0.4) is 0 Å². The first-order chi connectivity index (χ1) is 12.9. The van der Waals surface area contributed by atoms with Crippen LogP contribution in [0.15, 0.2) is 48.5 Å². The van der Waals surface area contributed by atoms with Crippen molar-refractivity contribution >= 4 is 23.5 Å². The molecule has 0 aromatic heterocycles. The summed E-state index contributed by atoms with van der Waals surface area (Å²) in [6.07, 6.45) is 0. The molecule has 0 saturated carbocycles. The maximum Gasteiger partial charge on any atom is 0.337 e. The predicted octanol–water partition coefficient (Wildman–Crippen LogP) is 1.85. The number of ether oxygens (including phenoxy) is 2. The number of esters is 2. The van der Waals surface area contributed by atoms with Crippen LogP contribution in [0.2, 0.25) is 0 Å². The number of hydrogen-bond acceptors (Lipinski definition) is 7. The van der Waals surface area contributed by atoms with E-state index < -0.39 is 29.3 Å². The van der Waals surface area contributed by atoms with Crippen molar-refractivity contribution in [2.45, 2.75) is 6.61 Å². The van der Waals surface area contributed by atoms with Crippen molar-refractivity contribution in [1.82, 2.24) is 5.32 Å². The van der Waals surface area contributed by atoms with Crippen LogP contribution < -0.4 is 5.32 Å². The molecule has 0 spiro atoms. The van der Waals surface area contributed by atoms with Gasteiger partial charge in [-0.25, -0.2) is 4.79 Å². The van der Waals surface area contributed by atoms with E-state index in [-0.39, 0.29) is 17.9 Å². The topological polar surface area (TPSA) is 125 Å². The van der Waals surface area contributed by atoms with Crippen LogP contribution in [0.25, 0.3) is 0 Å². The number of carbonyl (C=O) groups excluding carboxylic acids is 3. The minimum absolute atomic E-state index is 0.0581. The Morgan fingerprint density at radius 2 is 1.78 bits per heavy atom. The molecule has 9 heteroatoms. The van der Waals surface area contributed by atoms with Crippen LogP contribution in [0.5, 0.6) is 0 Å². The van der Waals surface area contributed by atoms with Crippen molar-refractivity contribution in [1.29, 1.82) is 0 Å². The second-order valence-electron chi connectivity index (χ2n) is 5.34. The molecule has 0 radical (unpaired) electrons. The molecule has 0 unspecified atom stereocenters. The Labute approximate surface area is 154 Å². The molecule has 140 valence electrons. The highest BCUT2D eigenvalue weighted by Crippen LogP contribution is 2.13. The Morgan fingerprint density at radius 3 is 2.48 bits per heavy atom. The van der Waals surface area contributed by atoms with Crippen LogP contribution >= 0.6 is 0 Å². The van der Waals surface area contributed by atoms with Gasteiger partial charge in [-0.05, 0) is 23.8 Å². The van der Waals surface area contributed by atoms with E-state index in [9.17, 15) is 24.5 Å². The lowest BCUT2D eigenvalue weighted by molar-refractivity contribution is -0.384. The number of amides is 1. The highest BCUT2D eigenvalue weighted by atomic mass is 16.6. The van der Waals surface area contributed by atoms with Gasteiger partial charge in [-0.2, -0.15) is 0 Å². The summed E-state index contributed by atoms with van der Waals surface area (Å²) < 4.78 is 9.64. The lowest BCUT2D eigenvalue weighted by atomic mass is 10.1. The molecule has 2 aromatic rings. The monoisotopic (exact) mass is 372 g/mol. The molecule has 2 rings (SSSR count). The third-order valence-electron chi connectivity index (χ3n) is 3.46. The molecule has 1 amide bonds. The van der Waals surface area contributed by atoms with Crippen LogP contribution in [0.4, 0.5) is 5.69 Å². The normalized spacial score (nSPS) is 9.96. The zero-order valence-electron chi connectivity index (χ0n) is 14.3. The fourth-order valence-electron chi connectivity index (χ4n) is 2.14. The molecule has 0 aliphatic heterocycles. The summed E-state index contributed by atoms with van der Waals surface area (Å²) in [5.41, 5.74) is 0.736. The number of non-ortho nitro benzene ring substituents is 1. The van der Waals surface area contributed by atoms with E-state index in [4.69, 9.17) is 4.74 Å². The minimum Gasteiger partial charge on any atom is -0.465 e. The SMILES string of the molecule is COC(=O)c1cccc(COC(=O)CNC(=O)c2cccc([N+](=O)[O-])c2)c1. The predicted molar refractivity (Wildman–Crippen MR) is 93.0 cm³/mol. The zero-order chi connectivity index (χ0) is 19.8. The molecule has 0 aliphatic carbocycles. The molecule has 0 bridgehead atoms. The van der Waals surface area contributed by atoms with Crippen molar-refractivity contribution in [2.75, 3.05) is 13.7 Å². The smallest absolute Gasteiger partial charge is 0.337 e. The Balaban J connectivity index is 1.86. The van der Waals surface area contributed by atoms with Crippen LogP contribution in [-0.2, 0) is 20.9 Å². The molecule has 1 N–H and O–H groups in total. The summed E-state index contributed by atoms with van der Waals surface area (Å²) in [5, 5.41) is 13.0. The molecule has 0 atom stereocenters. The molecule has 2 aromatic carbocycles. The van der Waals surface area contributed by atoms with Gasteiger partial charge in [0.1, 0.15) is 13.2 Å². The molecule has 0 aliphatic rings. The lowest BCUT2D eigenvalue weighted by Gasteiger charge is -2.08. The minimum atomic E-state index is -0.697. The van der Waals surface area contributed by atoms with Gasteiger partial charge in [0.2, 0.25) is 0 Å². The average molecular weight is 372 g/mol. The van der Waals surface area contributed by atoms with E-state index in [2.05, 4.69) is 10.1 Å². The lowest BCUT2D eigenvalue weighted by Crippen LogP contribution is -2.30. The highest BCUT2D eigenvalue weighted by Gasteiger charge is 2.13. The maximum absolute atomic E-state index is 12.0. The van der Waals surface area contributed by atoms with Crippen LogP contribution in [-0.4, -0.2) is 36.4 Å². The van der Waals surface area contributed by atoms with E-state index in [1.807, 2.05) is 0 Å². The number of nitro groups is 1. The van der Waals surface area contributed by atoms with E-state index in [0.717, 1.165) is 6.07 Å². The van der Waals surface area contributed by atoms with E-state index >= 15 is 0 Å². The van der Waals surface area contributed by atoms with E-state index in [0.29, 0.717) is 11.1 Å². The summed E-state index contributed by atoms with van der Waals surface area (Å²) in [5.74, 6) is -1.84. The molecule has 27 heavy (non-hydrogen) atoms. The Kier molecular flexibility index (Phi) is 6.59. The van der Waals surface area contributed by atoms with Crippen molar-refractivity contribution in [2.24, 2.45) is 0 Å². The number of methoxy groups -OCH3 is 1. The van der Waals surface area contributed by atoms with E-state index in [1.165, 1.54) is 31.4 Å². The zero-order valence-corrected chi connectivity index (χ0v) is 14.3. The van der Waals surface area contributed by atoms with Gasteiger partial charge in [0, 0.05) is 17.7 Å². The van der Waals surface area contributed by atoms with Gasteiger partial charge in [-0.3, -0.25) is 19.7 Å². The summed E-state index contributed by atoms with van der Waals surface area (Å²) in [6, 6.07) is 11.5. The second-order valence-corrected chi connectivity index (χ2v) is 5.34. The first-order valence-corrected chi connectivity index (χ1v) is 7.76. The van der Waals surface area contributed by atoms with Crippen molar-refractivity contribution in [3.8, 4) is 0 Å². The summed E-state index contributed by atoms with van der Waals surface area (Å²) in [6.45, 7) is -0.492. The van der Waals surface area contributed by atoms with E-state index in [1.54, 1.807) is 18.2 Å². The number of benzene rings is 2. The number of carbonyl (C=O) groups is 3. The fourth-order valence-corrected chi connectivity index (χ4v) is 2.14. The van der Waals surface area contributed by atoms with Gasteiger partial charge in [0.05, 0.1) is 17.6 Å². The number of hydrogen-bond donors (Lipinski definition) is 1. The number of nitrogens with zero attached hydrogens (tertiary/aromatic N) is 1. The van der Waals surface area contributed by atoms with Crippen LogP contribution in [0.1, 0.15) is 26.3 Å².